The molecule has 5 heteroatoms. The average Bonchev–Trinajstić information content (AvgIpc) is 3.19. The third-order valence-corrected chi connectivity index (χ3v) is 10.8. The van der Waals surface area contributed by atoms with Gasteiger partial charge in [0.1, 0.15) is 6.10 Å². The lowest BCUT2D eigenvalue weighted by atomic mass is 9.43. The van der Waals surface area contributed by atoms with Crippen LogP contribution in [-0.4, -0.2) is 58.5 Å². The van der Waals surface area contributed by atoms with Gasteiger partial charge < -0.3 is 14.9 Å². The number of piperidine rings is 1. The molecule has 0 aromatic heterocycles. The highest BCUT2D eigenvalue weighted by molar-refractivity contribution is 5.67. The molecule has 1 saturated heterocycles. The quantitative estimate of drug-likeness (QED) is 0.549. The van der Waals surface area contributed by atoms with Crippen LogP contribution in [-0.2, 0) is 9.53 Å². The Labute approximate surface area is 173 Å². The Balaban J connectivity index is 1.58. The summed E-state index contributed by atoms with van der Waals surface area (Å²) >= 11 is 0. The fraction of sp³-hybridized carbons (Fsp3) is 0.875. The van der Waals surface area contributed by atoms with Crippen LogP contribution >= 0.6 is 0 Å². The molecule has 6 rings (SSSR count). The first-order valence-corrected chi connectivity index (χ1v) is 11.7. The molecule has 5 saturated carbocycles. The smallest absolute Gasteiger partial charge is 0.303 e. The van der Waals surface area contributed by atoms with Crippen LogP contribution < -0.4 is 0 Å². The van der Waals surface area contributed by atoms with Crippen LogP contribution in [0.3, 0.4) is 0 Å². The summed E-state index contributed by atoms with van der Waals surface area (Å²) in [5, 5.41) is 22.8. The Bertz CT molecular complexity index is 798. The van der Waals surface area contributed by atoms with Crippen molar-refractivity contribution in [1.29, 1.82) is 0 Å². The van der Waals surface area contributed by atoms with Crippen LogP contribution in [0.1, 0.15) is 52.9 Å². The first-order chi connectivity index (χ1) is 13.7. The second kappa shape index (κ2) is 5.46. The molecule has 29 heavy (non-hydrogen) atoms. The molecule has 0 aromatic rings. The number of ether oxygens (including phenoxy) is 1. The van der Waals surface area contributed by atoms with Gasteiger partial charge in [-0.15, -0.1) is 0 Å². The highest BCUT2D eigenvalue weighted by atomic mass is 16.5. The van der Waals surface area contributed by atoms with E-state index in [0.717, 1.165) is 50.8 Å². The predicted molar refractivity (Wildman–Crippen MR) is 108 cm³/mol. The van der Waals surface area contributed by atoms with E-state index in [9.17, 15) is 15.0 Å². The van der Waals surface area contributed by atoms with E-state index in [1.54, 1.807) is 0 Å². The van der Waals surface area contributed by atoms with Crippen LogP contribution in [0.5, 0.6) is 0 Å². The van der Waals surface area contributed by atoms with Crippen LogP contribution in [0.25, 0.3) is 0 Å². The van der Waals surface area contributed by atoms with Gasteiger partial charge in [0.2, 0.25) is 0 Å². The van der Waals surface area contributed by atoms with Gasteiger partial charge in [-0.1, -0.05) is 20.4 Å². The lowest BCUT2D eigenvalue weighted by molar-refractivity contribution is -0.220. The molecule has 1 heterocycles. The van der Waals surface area contributed by atoms with Gasteiger partial charge in [0, 0.05) is 36.3 Å². The largest absolute Gasteiger partial charge is 0.457 e. The number of hydrogen-bond acceptors (Lipinski definition) is 5. The van der Waals surface area contributed by atoms with Crippen molar-refractivity contribution in [2.45, 2.75) is 77.2 Å². The van der Waals surface area contributed by atoms with Gasteiger partial charge in [0.15, 0.2) is 0 Å². The van der Waals surface area contributed by atoms with Crippen molar-refractivity contribution in [3.63, 3.8) is 0 Å². The molecule has 2 spiro atoms. The molecule has 0 amide bonds. The monoisotopic (exact) mass is 401 g/mol. The van der Waals surface area contributed by atoms with Crippen molar-refractivity contribution in [1.82, 2.24) is 4.90 Å². The number of carbonyl (C=O) groups is 1. The summed E-state index contributed by atoms with van der Waals surface area (Å²) in [5.74, 6) is 0.875. The van der Waals surface area contributed by atoms with Gasteiger partial charge in [-0.3, -0.25) is 9.69 Å². The molecular weight excluding hydrogens is 366 g/mol. The zero-order valence-electron chi connectivity index (χ0n) is 17.9. The molecule has 2 N–H and O–H groups in total. The second-order valence-electron chi connectivity index (χ2n) is 11.5. The minimum atomic E-state index is -0.439. The zero-order valence-corrected chi connectivity index (χ0v) is 17.9. The van der Waals surface area contributed by atoms with E-state index in [-0.39, 0.29) is 46.3 Å². The van der Waals surface area contributed by atoms with Gasteiger partial charge in [-0.05, 0) is 67.4 Å². The standard InChI is InChI=1S/C24H35NO4/c1-5-25-11-22(4)7-6-19(28)24-17(22)8-15(20(24)25)23-10-14(16(27)9-18(23)24)12(2)21(23)29-13(3)26/h14-21,27-28H,2,5-11H2,1,3-4H3/t14-,15+,16+,17-,18+,19+,20-,21-,22+,23+,24+/m1/s1. The van der Waals surface area contributed by atoms with Crippen LogP contribution in [0.15, 0.2) is 12.2 Å². The van der Waals surface area contributed by atoms with Crippen molar-refractivity contribution in [3.8, 4) is 0 Å². The average molecular weight is 402 g/mol. The second-order valence-corrected chi connectivity index (χ2v) is 11.5. The summed E-state index contributed by atoms with van der Waals surface area (Å²) in [7, 11) is 0. The number of likely N-dealkylation sites (tertiary alicyclic amines) is 1. The number of carbonyl (C=O) groups excluding carboxylic acids is 1. The molecule has 160 valence electrons. The van der Waals surface area contributed by atoms with Crippen LogP contribution in [0.4, 0.5) is 0 Å². The van der Waals surface area contributed by atoms with E-state index >= 15 is 0 Å². The predicted octanol–water partition coefficient (Wildman–Crippen LogP) is 2.36. The fourth-order valence-electron chi connectivity index (χ4n) is 10.3. The van der Waals surface area contributed by atoms with Crippen molar-refractivity contribution in [2.24, 2.45) is 39.9 Å². The van der Waals surface area contributed by atoms with E-state index in [1.165, 1.54) is 6.92 Å². The molecule has 0 unspecified atom stereocenters. The third-order valence-electron chi connectivity index (χ3n) is 10.8. The lowest BCUT2D eigenvalue weighted by Crippen LogP contribution is -2.68. The normalized spacial score (nSPS) is 59.7. The summed E-state index contributed by atoms with van der Waals surface area (Å²) in [6.45, 7) is 12.6. The van der Waals surface area contributed by atoms with Gasteiger partial charge in [0.25, 0.3) is 0 Å². The molecule has 5 nitrogen and oxygen atoms in total. The Morgan fingerprint density at radius 2 is 2.07 bits per heavy atom. The van der Waals surface area contributed by atoms with E-state index in [2.05, 4.69) is 25.3 Å². The van der Waals surface area contributed by atoms with Gasteiger partial charge in [-0.25, -0.2) is 0 Å². The topological polar surface area (TPSA) is 70.0 Å². The third kappa shape index (κ3) is 1.81. The van der Waals surface area contributed by atoms with E-state index in [0.29, 0.717) is 17.9 Å². The van der Waals surface area contributed by atoms with Crippen molar-refractivity contribution in [2.75, 3.05) is 13.1 Å². The molecule has 0 radical (unpaired) electrons. The summed E-state index contributed by atoms with van der Waals surface area (Å²) in [6, 6.07) is 0.334. The maximum Gasteiger partial charge on any atom is 0.303 e. The number of esters is 1. The van der Waals surface area contributed by atoms with Crippen molar-refractivity contribution >= 4 is 5.97 Å². The van der Waals surface area contributed by atoms with Crippen LogP contribution in [0, 0.1) is 39.9 Å². The highest BCUT2D eigenvalue weighted by Gasteiger charge is 2.85. The number of rotatable bonds is 2. The Morgan fingerprint density at radius 3 is 2.76 bits per heavy atom. The first kappa shape index (κ1) is 18.8. The summed E-state index contributed by atoms with van der Waals surface area (Å²) < 4.78 is 6.01. The molecule has 6 aliphatic rings. The first-order valence-electron chi connectivity index (χ1n) is 11.7. The molecule has 0 aromatic carbocycles. The molecular formula is C24H35NO4. The Morgan fingerprint density at radius 1 is 1.31 bits per heavy atom. The van der Waals surface area contributed by atoms with Crippen molar-refractivity contribution in [3.05, 3.63) is 12.2 Å². The van der Waals surface area contributed by atoms with Gasteiger partial charge in [-0.2, -0.15) is 0 Å². The summed E-state index contributed by atoms with van der Waals surface area (Å²) in [6.07, 6.45) is 3.58. The van der Waals surface area contributed by atoms with Gasteiger partial charge in [0.05, 0.1) is 12.2 Å². The highest BCUT2D eigenvalue weighted by Crippen LogP contribution is 2.83. The Hall–Kier alpha value is -0.910. The van der Waals surface area contributed by atoms with Crippen LogP contribution in [0.2, 0.25) is 0 Å². The zero-order chi connectivity index (χ0) is 20.5. The number of aliphatic hydroxyl groups excluding tert-OH is 2. The maximum atomic E-state index is 12.1. The minimum absolute atomic E-state index is 0.0217. The number of nitrogens with zero attached hydrogens (tertiary/aromatic N) is 1. The van der Waals surface area contributed by atoms with E-state index < -0.39 is 6.10 Å². The molecule has 7 bridgehead atoms. The van der Waals surface area contributed by atoms with Gasteiger partial charge >= 0.3 is 5.97 Å². The number of aliphatic hydroxyl groups is 2. The Kier molecular flexibility index (Phi) is 3.55. The molecule has 11 atom stereocenters. The SMILES string of the molecule is C=C1[C@H]2C[C@]3([C@@H]1OC(C)=O)[C@H]1C[C@@H]4[C@@]5(C)CC[C@H](O)[C@@]4([C@@H]1N(CC)C5)[C@H]3C[C@@H]2O. The molecule has 1 aliphatic heterocycles. The number of fused-ring (bicyclic) bond motifs is 1. The summed E-state index contributed by atoms with van der Waals surface area (Å²) in [4.78, 5) is 14.7. The van der Waals surface area contributed by atoms with Crippen molar-refractivity contribution < 1.29 is 19.7 Å². The number of hydrogen-bond donors (Lipinski definition) is 2. The fourth-order valence-corrected chi connectivity index (χ4v) is 10.3. The summed E-state index contributed by atoms with van der Waals surface area (Å²) in [5.41, 5.74) is 0.812. The van der Waals surface area contributed by atoms with E-state index in [4.69, 9.17) is 4.74 Å². The molecule has 5 aliphatic carbocycles. The minimum Gasteiger partial charge on any atom is -0.457 e. The lowest BCUT2D eigenvalue weighted by Gasteiger charge is -2.65. The maximum absolute atomic E-state index is 12.1. The molecule has 6 fully saturated rings. The van der Waals surface area contributed by atoms with E-state index in [1.807, 2.05) is 0 Å².